The van der Waals surface area contributed by atoms with Gasteiger partial charge in [0.1, 0.15) is 18.1 Å². The standard InChI is InChI=1S/C18H21NO2/c1-20-18-8-3-2-5-14(18)12-21-15-10-9-13-6-4-7-17(19)16(13)11-15/h2-3,5,8-11,17H,4,6-7,12,19H2,1H3/t17-/m1/s1. The van der Waals surface area contributed by atoms with Crippen LogP contribution in [0.1, 0.15) is 35.6 Å². The van der Waals surface area contributed by atoms with Crippen LogP contribution in [0.5, 0.6) is 11.5 Å². The fraction of sp³-hybridized carbons (Fsp3) is 0.333. The zero-order valence-corrected chi connectivity index (χ0v) is 12.3. The molecule has 3 nitrogen and oxygen atoms in total. The lowest BCUT2D eigenvalue weighted by Gasteiger charge is -2.23. The number of fused-ring (bicyclic) bond motifs is 1. The molecule has 1 atom stereocenters. The van der Waals surface area contributed by atoms with E-state index in [2.05, 4.69) is 12.1 Å². The van der Waals surface area contributed by atoms with Crippen molar-refractivity contribution in [3.8, 4) is 11.5 Å². The summed E-state index contributed by atoms with van der Waals surface area (Å²) in [5.74, 6) is 1.73. The molecule has 0 aliphatic heterocycles. The highest BCUT2D eigenvalue weighted by Gasteiger charge is 2.17. The molecule has 0 amide bonds. The van der Waals surface area contributed by atoms with E-state index >= 15 is 0 Å². The summed E-state index contributed by atoms with van der Waals surface area (Å²) in [6.07, 6.45) is 3.36. The molecule has 110 valence electrons. The van der Waals surface area contributed by atoms with E-state index in [9.17, 15) is 0 Å². The molecule has 2 N–H and O–H groups in total. The highest BCUT2D eigenvalue weighted by atomic mass is 16.5. The molecule has 1 aliphatic carbocycles. The molecule has 1 aliphatic rings. The van der Waals surface area contributed by atoms with Gasteiger partial charge in [0, 0.05) is 11.6 Å². The second-order valence-electron chi connectivity index (χ2n) is 5.46. The monoisotopic (exact) mass is 283 g/mol. The molecule has 0 unspecified atom stereocenters. The SMILES string of the molecule is COc1ccccc1COc1ccc2c(c1)[C@H](N)CCC2. The largest absolute Gasteiger partial charge is 0.496 e. The molecule has 2 aromatic rings. The number of methoxy groups -OCH3 is 1. The quantitative estimate of drug-likeness (QED) is 0.932. The Balaban J connectivity index is 1.75. The molecular formula is C18H21NO2. The predicted octanol–water partition coefficient (Wildman–Crippen LogP) is 3.61. The third kappa shape index (κ3) is 3.03. The molecule has 0 bridgehead atoms. The van der Waals surface area contributed by atoms with Gasteiger partial charge in [-0.15, -0.1) is 0 Å². The van der Waals surface area contributed by atoms with Gasteiger partial charge >= 0.3 is 0 Å². The number of hydrogen-bond donors (Lipinski definition) is 1. The molecule has 0 fully saturated rings. The van der Waals surface area contributed by atoms with Crippen LogP contribution in [0.3, 0.4) is 0 Å². The Hall–Kier alpha value is -2.00. The highest BCUT2D eigenvalue weighted by molar-refractivity contribution is 5.39. The molecule has 3 heteroatoms. The zero-order valence-electron chi connectivity index (χ0n) is 12.3. The van der Waals surface area contributed by atoms with Gasteiger partial charge < -0.3 is 15.2 Å². The number of para-hydroxylation sites is 1. The number of benzene rings is 2. The Bertz CT molecular complexity index is 624. The summed E-state index contributed by atoms with van der Waals surface area (Å²) in [5, 5.41) is 0. The Morgan fingerprint density at radius 2 is 2.05 bits per heavy atom. The topological polar surface area (TPSA) is 44.5 Å². The van der Waals surface area contributed by atoms with Crippen molar-refractivity contribution in [3.05, 3.63) is 59.2 Å². The van der Waals surface area contributed by atoms with Gasteiger partial charge in [-0.1, -0.05) is 24.3 Å². The van der Waals surface area contributed by atoms with Gasteiger partial charge in [-0.05, 0) is 48.6 Å². The third-order valence-electron chi connectivity index (χ3n) is 4.06. The Labute approximate surface area is 125 Å². The van der Waals surface area contributed by atoms with Crippen LogP contribution in [0, 0.1) is 0 Å². The normalized spacial score (nSPS) is 17.1. The average molecular weight is 283 g/mol. The maximum atomic E-state index is 6.19. The number of nitrogens with two attached hydrogens (primary N) is 1. The molecule has 0 saturated heterocycles. The van der Waals surface area contributed by atoms with E-state index in [0.29, 0.717) is 6.61 Å². The van der Waals surface area contributed by atoms with E-state index in [-0.39, 0.29) is 6.04 Å². The van der Waals surface area contributed by atoms with Crippen molar-refractivity contribution in [1.82, 2.24) is 0 Å². The lowest BCUT2D eigenvalue weighted by molar-refractivity contribution is 0.296. The number of hydrogen-bond acceptors (Lipinski definition) is 3. The van der Waals surface area contributed by atoms with E-state index in [1.165, 1.54) is 17.5 Å². The van der Waals surface area contributed by atoms with Crippen LogP contribution in [-0.4, -0.2) is 7.11 Å². The van der Waals surface area contributed by atoms with E-state index in [4.69, 9.17) is 15.2 Å². The van der Waals surface area contributed by atoms with Crippen molar-refractivity contribution >= 4 is 0 Å². The number of rotatable bonds is 4. The molecule has 21 heavy (non-hydrogen) atoms. The molecule has 0 saturated carbocycles. The van der Waals surface area contributed by atoms with E-state index in [0.717, 1.165) is 29.9 Å². The van der Waals surface area contributed by atoms with Crippen LogP contribution in [0.2, 0.25) is 0 Å². The molecule has 0 radical (unpaired) electrons. The van der Waals surface area contributed by atoms with Gasteiger partial charge in [-0.2, -0.15) is 0 Å². The minimum Gasteiger partial charge on any atom is -0.496 e. The summed E-state index contributed by atoms with van der Waals surface area (Å²) in [6.45, 7) is 0.498. The van der Waals surface area contributed by atoms with Crippen LogP contribution >= 0.6 is 0 Å². The van der Waals surface area contributed by atoms with Crippen molar-refractivity contribution in [2.24, 2.45) is 5.73 Å². The predicted molar refractivity (Wildman–Crippen MR) is 83.6 cm³/mol. The first-order valence-electron chi connectivity index (χ1n) is 7.41. The van der Waals surface area contributed by atoms with E-state index in [1.54, 1.807) is 7.11 Å². The summed E-state index contributed by atoms with van der Waals surface area (Å²) in [6, 6.07) is 14.3. The minimum atomic E-state index is 0.142. The molecule has 0 heterocycles. The lowest BCUT2D eigenvalue weighted by atomic mass is 9.88. The summed E-state index contributed by atoms with van der Waals surface area (Å²) in [7, 11) is 1.68. The van der Waals surface area contributed by atoms with Gasteiger partial charge in [0.2, 0.25) is 0 Å². The first-order chi connectivity index (χ1) is 10.3. The van der Waals surface area contributed by atoms with E-state index in [1.807, 2.05) is 30.3 Å². The second kappa shape index (κ2) is 6.19. The molecule has 0 spiro atoms. The van der Waals surface area contributed by atoms with Crippen LogP contribution in [-0.2, 0) is 13.0 Å². The van der Waals surface area contributed by atoms with Gasteiger partial charge in [-0.25, -0.2) is 0 Å². The third-order valence-corrected chi connectivity index (χ3v) is 4.06. The van der Waals surface area contributed by atoms with Crippen LogP contribution in [0.25, 0.3) is 0 Å². The van der Waals surface area contributed by atoms with Crippen LogP contribution in [0.4, 0.5) is 0 Å². The first-order valence-corrected chi connectivity index (χ1v) is 7.41. The summed E-state index contributed by atoms with van der Waals surface area (Å²) in [5.41, 5.74) is 9.83. The van der Waals surface area contributed by atoms with Crippen LogP contribution < -0.4 is 15.2 Å². The molecule has 0 aromatic heterocycles. The smallest absolute Gasteiger partial charge is 0.125 e. The Kier molecular flexibility index (Phi) is 4.11. The first kappa shape index (κ1) is 14.0. The lowest BCUT2D eigenvalue weighted by Crippen LogP contribution is -2.17. The van der Waals surface area contributed by atoms with E-state index < -0.39 is 0 Å². The zero-order chi connectivity index (χ0) is 14.7. The van der Waals surface area contributed by atoms with Crippen molar-refractivity contribution in [3.63, 3.8) is 0 Å². The van der Waals surface area contributed by atoms with Gasteiger partial charge in [0.05, 0.1) is 7.11 Å². The van der Waals surface area contributed by atoms with Crippen molar-refractivity contribution in [1.29, 1.82) is 0 Å². The fourth-order valence-electron chi connectivity index (χ4n) is 2.89. The van der Waals surface area contributed by atoms with Gasteiger partial charge in [-0.3, -0.25) is 0 Å². The van der Waals surface area contributed by atoms with Gasteiger partial charge in [0.15, 0.2) is 0 Å². The van der Waals surface area contributed by atoms with Crippen molar-refractivity contribution in [2.75, 3.05) is 7.11 Å². The van der Waals surface area contributed by atoms with Crippen LogP contribution in [0.15, 0.2) is 42.5 Å². The summed E-state index contributed by atoms with van der Waals surface area (Å²) >= 11 is 0. The average Bonchev–Trinajstić information content (AvgIpc) is 2.54. The Morgan fingerprint density at radius 1 is 1.19 bits per heavy atom. The fourth-order valence-corrected chi connectivity index (χ4v) is 2.89. The maximum Gasteiger partial charge on any atom is 0.125 e. The maximum absolute atomic E-state index is 6.19. The summed E-state index contributed by atoms with van der Waals surface area (Å²) < 4.78 is 11.3. The van der Waals surface area contributed by atoms with Crippen molar-refractivity contribution < 1.29 is 9.47 Å². The molecule has 3 rings (SSSR count). The summed E-state index contributed by atoms with van der Waals surface area (Å²) in [4.78, 5) is 0. The molecular weight excluding hydrogens is 262 g/mol. The minimum absolute atomic E-state index is 0.142. The number of ether oxygens (including phenoxy) is 2. The second-order valence-corrected chi connectivity index (χ2v) is 5.46. The van der Waals surface area contributed by atoms with Crippen molar-refractivity contribution in [2.45, 2.75) is 31.9 Å². The molecule has 2 aromatic carbocycles. The van der Waals surface area contributed by atoms with Gasteiger partial charge in [0.25, 0.3) is 0 Å². The number of aryl methyl sites for hydroxylation is 1. The Morgan fingerprint density at radius 3 is 2.90 bits per heavy atom. The highest BCUT2D eigenvalue weighted by Crippen LogP contribution is 2.31.